The summed E-state index contributed by atoms with van der Waals surface area (Å²) >= 11 is 1.94. The van der Waals surface area contributed by atoms with E-state index in [4.69, 9.17) is 4.74 Å². The van der Waals surface area contributed by atoms with E-state index in [1.54, 1.807) is 0 Å². The fourth-order valence-electron chi connectivity index (χ4n) is 1.80. The molecular weight excluding hydrogens is 222 g/mol. The number of thioether (sulfide) groups is 1. The van der Waals surface area contributed by atoms with Crippen LogP contribution in [0, 0.1) is 0 Å². The molecule has 4 heteroatoms. The van der Waals surface area contributed by atoms with Gasteiger partial charge in [-0.15, -0.1) is 0 Å². The van der Waals surface area contributed by atoms with Gasteiger partial charge in [0.25, 0.3) is 0 Å². The van der Waals surface area contributed by atoms with Crippen LogP contribution in [0.25, 0.3) is 0 Å². The smallest absolute Gasteiger partial charge is 0.410 e. The highest BCUT2D eigenvalue weighted by molar-refractivity contribution is 7.99. The summed E-state index contributed by atoms with van der Waals surface area (Å²) in [6.07, 6.45) is 2.16. The van der Waals surface area contributed by atoms with Crippen LogP contribution in [0.2, 0.25) is 0 Å². The third-order valence-corrected chi connectivity index (χ3v) is 3.62. The van der Waals surface area contributed by atoms with Gasteiger partial charge in [-0.25, -0.2) is 4.79 Å². The number of amides is 1. The highest BCUT2D eigenvalue weighted by atomic mass is 32.2. The van der Waals surface area contributed by atoms with Gasteiger partial charge >= 0.3 is 6.09 Å². The number of rotatable bonds is 2. The van der Waals surface area contributed by atoms with Crippen molar-refractivity contribution in [3.8, 4) is 0 Å². The van der Waals surface area contributed by atoms with Crippen LogP contribution in [0.15, 0.2) is 0 Å². The molecule has 16 heavy (non-hydrogen) atoms. The van der Waals surface area contributed by atoms with Crippen molar-refractivity contribution in [1.82, 2.24) is 4.90 Å². The summed E-state index contributed by atoms with van der Waals surface area (Å²) < 4.78 is 5.38. The Morgan fingerprint density at radius 1 is 1.50 bits per heavy atom. The number of likely N-dealkylation sites (tertiary alicyclic amines) is 1. The van der Waals surface area contributed by atoms with Crippen LogP contribution in [-0.2, 0) is 4.74 Å². The van der Waals surface area contributed by atoms with E-state index in [1.807, 2.05) is 37.4 Å². The molecule has 0 saturated carbocycles. The SMILES string of the molecule is CCSC1CCCN(C(=O)OC(C)(C)C)C1. The summed E-state index contributed by atoms with van der Waals surface area (Å²) in [5.74, 6) is 1.12. The monoisotopic (exact) mass is 245 g/mol. The van der Waals surface area contributed by atoms with Gasteiger partial charge in [0.05, 0.1) is 0 Å². The van der Waals surface area contributed by atoms with Crippen LogP contribution < -0.4 is 0 Å². The lowest BCUT2D eigenvalue weighted by Gasteiger charge is -2.33. The van der Waals surface area contributed by atoms with Crippen molar-refractivity contribution in [2.75, 3.05) is 18.8 Å². The Morgan fingerprint density at radius 2 is 2.19 bits per heavy atom. The Labute approximate surface area is 103 Å². The molecule has 0 aliphatic carbocycles. The highest BCUT2D eigenvalue weighted by Gasteiger charge is 2.27. The largest absolute Gasteiger partial charge is 0.444 e. The molecule has 1 heterocycles. The van der Waals surface area contributed by atoms with Gasteiger partial charge in [-0.1, -0.05) is 6.92 Å². The molecule has 94 valence electrons. The number of carbonyl (C=O) groups is 1. The molecule has 0 N–H and O–H groups in total. The molecule has 0 aromatic carbocycles. The third kappa shape index (κ3) is 4.64. The minimum absolute atomic E-state index is 0.158. The third-order valence-electron chi connectivity index (χ3n) is 2.43. The first-order valence-electron chi connectivity index (χ1n) is 6.02. The summed E-state index contributed by atoms with van der Waals surface area (Å²) in [6.45, 7) is 9.58. The molecule has 1 rings (SSSR count). The number of piperidine rings is 1. The second kappa shape index (κ2) is 5.80. The maximum atomic E-state index is 11.9. The van der Waals surface area contributed by atoms with Crippen LogP contribution in [0.5, 0.6) is 0 Å². The standard InChI is InChI=1S/C12H23NO2S/c1-5-16-10-7-6-8-13(9-10)11(14)15-12(2,3)4/h10H,5-9H2,1-4H3. The van der Waals surface area contributed by atoms with Gasteiger partial charge in [0, 0.05) is 18.3 Å². The van der Waals surface area contributed by atoms with Crippen molar-refractivity contribution in [2.24, 2.45) is 0 Å². The summed E-state index contributed by atoms with van der Waals surface area (Å²) in [4.78, 5) is 13.7. The normalized spacial score (nSPS) is 22.0. The molecular formula is C12H23NO2S. The Kier molecular flexibility index (Phi) is 4.96. The van der Waals surface area contributed by atoms with Gasteiger partial charge in [0.2, 0.25) is 0 Å². The number of ether oxygens (including phenoxy) is 1. The summed E-state index contributed by atoms with van der Waals surface area (Å²) in [6, 6.07) is 0. The fraction of sp³-hybridized carbons (Fsp3) is 0.917. The zero-order chi connectivity index (χ0) is 12.2. The molecule has 1 amide bonds. The van der Waals surface area contributed by atoms with E-state index in [1.165, 1.54) is 6.42 Å². The lowest BCUT2D eigenvalue weighted by atomic mass is 10.1. The molecule has 0 aromatic heterocycles. The molecule has 3 nitrogen and oxygen atoms in total. The molecule has 1 unspecified atom stereocenters. The molecule has 0 bridgehead atoms. The van der Waals surface area contributed by atoms with Gasteiger partial charge in [0.1, 0.15) is 5.60 Å². The predicted octanol–water partition coefficient (Wildman–Crippen LogP) is 3.14. The lowest BCUT2D eigenvalue weighted by Crippen LogP contribution is -2.43. The number of nitrogens with zero attached hydrogens (tertiary/aromatic N) is 1. The molecule has 1 atom stereocenters. The van der Waals surface area contributed by atoms with Gasteiger partial charge in [-0.05, 0) is 39.4 Å². The molecule has 0 aromatic rings. The Hall–Kier alpha value is -0.380. The van der Waals surface area contributed by atoms with Crippen molar-refractivity contribution >= 4 is 17.9 Å². The molecule has 1 fully saturated rings. The number of hydrogen-bond acceptors (Lipinski definition) is 3. The van der Waals surface area contributed by atoms with E-state index in [9.17, 15) is 4.79 Å². The van der Waals surface area contributed by atoms with Crippen molar-refractivity contribution in [3.63, 3.8) is 0 Å². The molecule has 0 spiro atoms. The van der Waals surface area contributed by atoms with Gasteiger partial charge in [0.15, 0.2) is 0 Å². The van der Waals surface area contributed by atoms with E-state index in [-0.39, 0.29) is 11.7 Å². The average molecular weight is 245 g/mol. The molecule has 1 saturated heterocycles. The Bertz CT molecular complexity index is 236. The number of carbonyl (C=O) groups excluding carboxylic acids is 1. The molecule has 1 aliphatic heterocycles. The Balaban J connectivity index is 2.44. The van der Waals surface area contributed by atoms with E-state index in [0.29, 0.717) is 5.25 Å². The highest BCUT2D eigenvalue weighted by Crippen LogP contribution is 2.23. The van der Waals surface area contributed by atoms with Crippen LogP contribution in [-0.4, -0.2) is 40.7 Å². The minimum Gasteiger partial charge on any atom is -0.444 e. The van der Waals surface area contributed by atoms with Crippen molar-refractivity contribution < 1.29 is 9.53 Å². The van der Waals surface area contributed by atoms with Crippen molar-refractivity contribution in [3.05, 3.63) is 0 Å². The maximum Gasteiger partial charge on any atom is 0.410 e. The van der Waals surface area contributed by atoms with Crippen LogP contribution >= 0.6 is 11.8 Å². The summed E-state index contributed by atoms with van der Waals surface area (Å²) in [7, 11) is 0. The topological polar surface area (TPSA) is 29.5 Å². The van der Waals surface area contributed by atoms with E-state index in [2.05, 4.69) is 6.92 Å². The van der Waals surface area contributed by atoms with E-state index < -0.39 is 0 Å². The van der Waals surface area contributed by atoms with Gasteiger partial charge in [-0.3, -0.25) is 0 Å². The summed E-state index contributed by atoms with van der Waals surface area (Å²) in [5, 5.41) is 0.589. The zero-order valence-electron chi connectivity index (χ0n) is 10.8. The first kappa shape index (κ1) is 13.7. The second-order valence-electron chi connectivity index (χ2n) is 5.15. The average Bonchev–Trinajstić information content (AvgIpc) is 2.16. The molecule has 0 radical (unpaired) electrons. The Morgan fingerprint density at radius 3 is 2.75 bits per heavy atom. The van der Waals surface area contributed by atoms with E-state index >= 15 is 0 Å². The van der Waals surface area contributed by atoms with Crippen LogP contribution in [0.1, 0.15) is 40.5 Å². The van der Waals surface area contributed by atoms with Crippen molar-refractivity contribution in [2.45, 2.75) is 51.4 Å². The fourth-order valence-corrected chi connectivity index (χ4v) is 2.89. The van der Waals surface area contributed by atoms with E-state index in [0.717, 1.165) is 25.3 Å². The number of hydrogen-bond donors (Lipinski definition) is 0. The van der Waals surface area contributed by atoms with Gasteiger partial charge in [-0.2, -0.15) is 11.8 Å². The minimum atomic E-state index is -0.387. The van der Waals surface area contributed by atoms with Gasteiger partial charge < -0.3 is 9.64 Å². The van der Waals surface area contributed by atoms with Crippen LogP contribution in [0.3, 0.4) is 0 Å². The maximum absolute atomic E-state index is 11.9. The molecule has 1 aliphatic rings. The lowest BCUT2D eigenvalue weighted by molar-refractivity contribution is 0.0220. The quantitative estimate of drug-likeness (QED) is 0.748. The first-order chi connectivity index (χ1) is 7.42. The van der Waals surface area contributed by atoms with Crippen molar-refractivity contribution in [1.29, 1.82) is 0 Å². The van der Waals surface area contributed by atoms with Crippen LogP contribution in [0.4, 0.5) is 4.79 Å². The second-order valence-corrected chi connectivity index (χ2v) is 6.72. The first-order valence-corrected chi connectivity index (χ1v) is 7.07. The zero-order valence-corrected chi connectivity index (χ0v) is 11.6. The summed E-state index contributed by atoms with van der Waals surface area (Å²) in [5.41, 5.74) is -0.387. The predicted molar refractivity (Wildman–Crippen MR) is 69.0 cm³/mol.